The third kappa shape index (κ3) is 7.40. The van der Waals surface area contributed by atoms with Crippen molar-refractivity contribution in [2.75, 3.05) is 13.2 Å². The second kappa shape index (κ2) is 13.9. The Labute approximate surface area is 252 Å². The summed E-state index contributed by atoms with van der Waals surface area (Å²) in [5.41, 5.74) is 0.817. The molecule has 0 amide bonds. The number of aryl methyl sites for hydroxylation is 1. The fourth-order valence-corrected chi connectivity index (χ4v) is 6.24. The fourth-order valence-electron chi connectivity index (χ4n) is 6.24. The Balaban J connectivity index is 1.15. The van der Waals surface area contributed by atoms with Gasteiger partial charge in [-0.3, -0.25) is 0 Å². The van der Waals surface area contributed by atoms with Crippen LogP contribution in [0.3, 0.4) is 0 Å². The van der Waals surface area contributed by atoms with Gasteiger partial charge >= 0.3 is 6.11 Å². The normalized spacial score (nSPS) is 22.6. The summed E-state index contributed by atoms with van der Waals surface area (Å²) < 4.78 is 115. The third-order valence-corrected chi connectivity index (χ3v) is 8.71. The van der Waals surface area contributed by atoms with Gasteiger partial charge in [-0.2, -0.15) is 8.78 Å². The Morgan fingerprint density at radius 2 is 1.32 bits per heavy atom. The van der Waals surface area contributed by atoms with Crippen LogP contribution in [0, 0.1) is 40.9 Å². The molecule has 1 heterocycles. The molecule has 0 spiro atoms. The molecule has 0 bridgehead atoms. The molecule has 3 aromatic rings. The molecule has 1 aliphatic heterocycles. The zero-order chi connectivity index (χ0) is 31.4. The molecule has 2 aliphatic rings. The van der Waals surface area contributed by atoms with E-state index in [1.54, 1.807) is 0 Å². The van der Waals surface area contributed by atoms with E-state index >= 15 is 0 Å². The molecular formula is C34H35F7O3. The largest absolute Gasteiger partial charge is 0.432 e. The van der Waals surface area contributed by atoms with Gasteiger partial charge in [0.1, 0.15) is 22.9 Å². The van der Waals surface area contributed by atoms with E-state index in [-0.39, 0.29) is 23.6 Å². The van der Waals surface area contributed by atoms with Crippen LogP contribution in [0.2, 0.25) is 0 Å². The quantitative estimate of drug-likeness (QED) is 0.128. The van der Waals surface area contributed by atoms with Crippen LogP contribution >= 0.6 is 0 Å². The van der Waals surface area contributed by atoms with Gasteiger partial charge in [-0.1, -0.05) is 44.0 Å². The molecule has 3 nitrogen and oxygen atoms in total. The van der Waals surface area contributed by atoms with Gasteiger partial charge in [0, 0.05) is 23.6 Å². The SMILES string of the molecule is CCCCCc1ccc(C2CCC(C3COC(c4cc(F)c(C(F)(F)Oc5cc(F)c(F)c(F)c5)c(F)c4)OC3)CC2)cc1. The molecule has 0 unspecified atom stereocenters. The van der Waals surface area contributed by atoms with E-state index in [1.165, 1.54) is 30.4 Å². The Kier molecular flexibility index (Phi) is 10.2. The number of halogens is 7. The van der Waals surface area contributed by atoms with Gasteiger partial charge in [-0.25, -0.2) is 22.0 Å². The average Bonchev–Trinajstić information content (AvgIpc) is 3.00. The summed E-state index contributed by atoms with van der Waals surface area (Å²) >= 11 is 0. The Hall–Kier alpha value is -3.11. The van der Waals surface area contributed by atoms with Gasteiger partial charge in [0.05, 0.1) is 13.2 Å². The molecule has 238 valence electrons. The molecule has 0 radical (unpaired) electrons. The first-order chi connectivity index (χ1) is 21.1. The standard InChI is InChI=1S/C34H35F7O3/c1-2-3-4-5-20-6-8-21(9-7-20)22-10-12-23(13-11-22)25-18-42-33(43-19-25)24-14-27(35)31(28(36)15-24)34(40,41)44-26-16-29(37)32(39)30(38)17-26/h6-9,14-17,22-23,25,33H,2-5,10-13,18-19H2,1H3. The maximum atomic E-state index is 14.8. The molecule has 1 aliphatic carbocycles. The Bertz CT molecular complexity index is 1370. The molecule has 0 atom stereocenters. The highest BCUT2D eigenvalue weighted by Crippen LogP contribution is 2.42. The minimum absolute atomic E-state index is 0.0938. The lowest BCUT2D eigenvalue weighted by atomic mass is 9.74. The fraction of sp³-hybridized carbons (Fsp3) is 0.471. The van der Waals surface area contributed by atoms with Crippen LogP contribution in [0.5, 0.6) is 5.75 Å². The van der Waals surface area contributed by atoms with Gasteiger partial charge in [0.25, 0.3) is 0 Å². The predicted octanol–water partition coefficient (Wildman–Crippen LogP) is 9.88. The summed E-state index contributed by atoms with van der Waals surface area (Å²) in [7, 11) is 0. The molecule has 0 N–H and O–H groups in total. The zero-order valence-corrected chi connectivity index (χ0v) is 24.4. The van der Waals surface area contributed by atoms with Crippen LogP contribution in [0.25, 0.3) is 0 Å². The summed E-state index contributed by atoms with van der Waals surface area (Å²) in [6.07, 6.45) is 3.02. The third-order valence-electron chi connectivity index (χ3n) is 8.71. The van der Waals surface area contributed by atoms with Gasteiger partial charge in [-0.05, 0) is 73.6 Å². The number of hydrogen-bond donors (Lipinski definition) is 0. The van der Waals surface area contributed by atoms with Crippen molar-refractivity contribution in [3.05, 3.63) is 99.9 Å². The predicted molar refractivity (Wildman–Crippen MR) is 150 cm³/mol. The maximum Gasteiger partial charge on any atom is 0.432 e. The molecule has 2 fully saturated rings. The van der Waals surface area contributed by atoms with E-state index in [9.17, 15) is 30.7 Å². The first kappa shape index (κ1) is 32.3. The molecule has 3 aromatic carbocycles. The van der Waals surface area contributed by atoms with Crippen molar-refractivity contribution in [1.82, 2.24) is 0 Å². The molecular weight excluding hydrogens is 589 g/mol. The number of ether oxygens (including phenoxy) is 3. The molecule has 10 heteroatoms. The first-order valence-electron chi connectivity index (χ1n) is 15.1. The molecule has 0 aromatic heterocycles. The van der Waals surface area contributed by atoms with E-state index in [1.807, 2.05) is 0 Å². The van der Waals surface area contributed by atoms with Crippen molar-refractivity contribution in [3.63, 3.8) is 0 Å². The minimum atomic E-state index is -4.67. The van der Waals surface area contributed by atoms with Gasteiger partial charge in [0.15, 0.2) is 23.7 Å². The Morgan fingerprint density at radius 3 is 1.89 bits per heavy atom. The number of hydrogen-bond acceptors (Lipinski definition) is 3. The number of unbranched alkanes of at least 4 members (excludes halogenated alkanes) is 2. The molecule has 44 heavy (non-hydrogen) atoms. The van der Waals surface area contributed by atoms with Crippen LogP contribution < -0.4 is 4.74 Å². The maximum absolute atomic E-state index is 14.8. The van der Waals surface area contributed by atoms with Crippen LogP contribution in [-0.2, 0) is 22.0 Å². The second-order valence-electron chi connectivity index (χ2n) is 11.7. The highest BCUT2D eigenvalue weighted by atomic mass is 19.3. The number of benzene rings is 3. The van der Waals surface area contributed by atoms with Gasteiger partial charge < -0.3 is 14.2 Å². The lowest BCUT2D eigenvalue weighted by molar-refractivity contribution is -0.215. The zero-order valence-electron chi connectivity index (χ0n) is 24.4. The molecule has 5 rings (SSSR count). The summed E-state index contributed by atoms with van der Waals surface area (Å²) in [4.78, 5) is 0. The smallest absolute Gasteiger partial charge is 0.429 e. The van der Waals surface area contributed by atoms with Crippen LogP contribution in [0.1, 0.15) is 86.3 Å². The summed E-state index contributed by atoms with van der Waals surface area (Å²) in [6.45, 7) is 2.78. The highest BCUT2D eigenvalue weighted by molar-refractivity contribution is 5.32. The van der Waals surface area contributed by atoms with Crippen molar-refractivity contribution in [1.29, 1.82) is 0 Å². The van der Waals surface area contributed by atoms with Crippen molar-refractivity contribution in [3.8, 4) is 5.75 Å². The van der Waals surface area contributed by atoms with Crippen molar-refractivity contribution < 1.29 is 44.9 Å². The summed E-state index contributed by atoms with van der Waals surface area (Å²) in [5, 5.41) is 0. The topological polar surface area (TPSA) is 27.7 Å². The lowest BCUT2D eigenvalue weighted by Crippen LogP contribution is -2.34. The highest BCUT2D eigenvalue weighted by Gasteiger charge is 2.42. The average molecular weight is 625 g/mol. The van der Waals surface area contributed by atoms with Crippen LogP contribution in [0.15, 0.2) is 48.5 Å². The van der Waals surface area contributed by atoms with E-state index in [4.69, 9.17) is 9.47 Å². The summed E-state index contributed by atoms with van der Waals surface area (Å²) in [6, 6.07) is 10.6. The number of alkyl halides is 2. The van der Waals surface area contributed by atoms with Crippen molar-refractivity contribution in [2.45, 2.75) is 76.6 Å². The van der Waals surface area contributed by atoms with Crippen LogP contribution in [-0.4, -0.2) is 13.2 Å². The monoisotopic (exact) mass is 624 g/mol. The van der Waals surface area contributed by atoms with Crippen molar-refractivity contribution >= 4 is 0 Å². The molecule has 1 saturated carbocycles. The second-order valence-corrected chi connectivity index (χ2v) is 11.7. The lowest BCUT2D eigenvalue weighted by Gasteiger charge is -2.38. The van der Waals surface area contributed by atoms with Gasteiger partial charge in [-0.15, -0.1) is 0 Å². The van der Waals surface area contributed by atoms with Gasteiger partial charge in [0.2, 0.25) is 0 Å². The molecule has 1 saturated heterocycles. The Morgan fingerprint density at radius 1 is 0.727 bits per heavy atom. The van der Waals surface area contributed by atoms with E-state index in [2.05, 4.69) is 35.9 Å². The first-order valence-corrected chi connectivity index (χ1v) is 15.1. The number of rotatable bonds is 10. The van der Waals surface area contributed by atoms with E-state index in [0.717, 1.165) is 32.1 Å². The van der Waals surface area contributed by atoms with E-state index < -0.39 is 52.8 Å². The van der Waals surface area contributed by atoms with Crippen molar-refractivity contribution in [2.24, 2.45) is 11.8 Å². The summed E-state index contributed by atoms with van der Waals surface area (Å²) in [5.74, 6) is -9.02. The minimum Gasteiger partial charge on any atom is -0.429 e. The van der Waals surface area contributed by atoms with Crippen LogP contribution in [0.4, 0.5) is 30.7 Å². The van der Waals surface area contributed by atoms with E-state index in [0.29, 0.717) is 37.2 Å².